The number of anilines is 1. The highest BCUT2D eigenvalue weighted by Gasteiger charge is 2.20. The second-order valence-electron chi connectivity index (χ2n) is 4.94. The second kappa shape index (κ2) is 5.66. The summed E-state index contributed by atoms with van der Waals surface area (Å²) in [5.74, 6) is -1.27. The lowest BCUT2D eigenvalue weighted by atomic mass is 10.1. The third kappa shape index (κ3) is 2.49. The highest BCUT2D eigenvalue weighted by Crippen LogP contribution is 2.24. The van der Waals surface area contributed by atoms with Gasteiger partial charge >= 0.3 is 0 Å². The summed E-state index contributed by atoms with van der Waals surface area (Å²) in [7, 11) is 0. The van der Waals surface area contributed by atoms with Gasteiger partial charge in [-0.05, 0) is 30.7 Å². The van der Waals surface area contributed by atoms with Gasteiger partial charge in [0.15, 0.2) is 0 Å². The summed E-state index contributed by atoms with van der Waals surface area (Å²) in [5.41, 5.74) is 2.43. The molecule has 1 heterocycles. The van der Waals surface area contributed by atoms with Crippen LogP contribution in [0.1, 0.15) is 15.9 Å². The third-order valence-electron chi connectivity index (χ3n) is 3.56. The van der Waals surface area contributed by atoms with E-state index in [1.54, 1.807) is 37.4 Å². The molecule has 2 aromatic carbocycles. The number of H-pyrrole nitrogens is 1. The lowest BCUT2D eigenvalue weighted by molar-refractivity contribution is -0.112. The maximum absolute atomic E-state index is 12.4. The Bertz CT molecular complexity index is 883. The van der Waals surface area contributed by atoms with Crippen molar-refractivity contribution in [3.8, 4) is 0 Å². The van der Waals surface area contributed by atoms with Crippen molar-refractivity contribution in [2.45, 2.75) is 6.92 Å². The van der Waals surface area contributed by atoms with Gasteiger partial charge in [-0.15, -0.1) is 0 Å². The van der Waals surface area contributed by atoms with Crippen LogP contribution in [0.3, 0.4) is 0 Å². The van der Waals surface area contributed by atoms with Crippen molar-refractivity contribution in [2.75, 3.05) is 5.32 Å². The minimum atomic E-state index is -0.685. The predicted octanol–water partition coefficient (Wildman–Crippen LogP) is 3.95. The van der Waals surface area contributed by atoms with E-state index in [-0.39, 0.29) is 0 Å². The Morgan fingerprint density at radius 3 is 2.68 bits per heavy atom. The molecule has 3 aromatic rings. The van der Waals surface area contributed by atoms with Crippen molar-refractivity contribution < 1.29 is 9.59 Å². The molecule has 0 aliphatic heterocycles. The highest BCUT2D eigenvalue weighted by atomic mass is 35.5. The average Bonchev–Trinajstić information content (AvgIpc) is 2.95. The van der Waals surface area contributed by atoms with Crippen LogP contribution < -0.4 is 5.32 Å². The molecule has 1 amide bonds. The quantitative estimate of drug-likeness (QED) is 0.568. The van der Waals surface area contributed by atoms with Crippen molar-refractivity contribution in [1.82, 2.24) is 4.98 Å². The highest BCUT2D eigenvalue weighted by molar-refractivity contribution is 6.48. The van der Waals surface area contributed by atoms with E-state index < -0.39 is 11.7 Å². The fourth-order valence-electron chi connectivity index (χ4n) is 2.30. The monoisotopic (exact) mass is 312 g/mol. The molecule has 0 unspecified atom stereocenters. The number of ketones is 1. The molecule has 2 N–H and O–H groups in total. The number of hydrogen-bond donors (Lipinski definition) is 2. The van der Waals surface area contributed by atoms with Gasteiger partial charge in [-0.25, -0.2) is 0 Å². The fourth-order valence-corrected chi connectivity index (χ4v) is 2.48. The number of hydrogen-bond acceptors (Lipinski definition) is 2. The Morgan fingerprint density at radius 2 is 1.86 bits per heavy atom. The fraction of sp³-hybridized carbons (Fsp3) is 0.0588. The van der Waals surface area contributed by atoms with Gasteiger partial charge in [-0.3, -0.25) is 9.59 Å². The lowest BCUT2D eigenvalue weighted by Gasteiger charge is -2.08. The molecule has 4 nitrogen and oxygen atoms in total. The van der Waals surface area contributed by atoms with E-state index in [1.807, 2.05) is 18.2 Å². The predicted molar refractivity (Wildman–Crippen MR) is 87.4 cm³/mol. The molecule has 1 aromatic heterocycles. The zero-order valence-electron chi connectivity index (χ0n) is 11.8. The molecule has 0 spiro atoms. The summed E-state index contributed by atoms with van der Waals surface area (Å²) in [6.07, 6.45) is 1.55. The van der Waals surface area contributed by atoms with E-state index in [9.17, 15) is 9.59 Å². The summed E-state index contributed by atoms with van der Waals surface area (Å²) in [6.45, 7) is 1.79. The van der Waals surface area contributed by atoms with E-state index in [1.165, 1.54) is 0 Å². The Hall–Kier alpha value is -2.59. The average molecular weight is 313 g/mol. The van der Waals surface area contributed by atoms with E-state index >= 15 is 0 Å². The molecule has 0 aliphatic rings. The first-order valence-electron chi connectivity index (χ1n) is 6.75. The maximum atomic E-state index is 12.4. The van der Waals surface area contributed by atoms with Gasteiger partial charge in [0.2, 0.25) is 0 Å². The summed E-state index contributed by atoms with van der Waals surface area (Å²) in [4.78, 5) is 27.5. The minimum Gasteiger partial charge on any atom is -0.360 e. The van der Waals surface area contributed by atoms with E-state index in [4.69, 9.17) is 11.6 Å². The Kier molecular flexibility index (Phi) is 3.69. The van der Waals surface area contributed by atoms with Gasteiger partial charge in [-0.1, -0.05) is 35.9 Å². The van der Waals surface area contributed by atoms with Crippen LogP contribution in [-0.4, -0.2) is 16.7 Å². The van der Waals surface area contributed by atoms with Crippen LogP contribution in [0.4, 0.5) is 5.69 Å². The van der Waals surface area contributed by atoms with Gasteiger partial charge < -0.3 is 10.3 Å². The molecular weight excluding hydrogens is 300 g/mol. The van der Waals surface area contributed by atoms with E-state index in [0.29, 0.717) is 16.3 Å². The topological polar surface area (TPSA) is 62.0 Å². The minimum absolute atomic E-state index is 0.354. The largest absolute Gasteiger partial charge is 0.360 e. The summed E-state index contributed by atoms with van der Waals surface area (Å²) < 4.78 is 0. The Morgan fingerprint density at radius 1 is 1.09 bits per heavy atom. The van der Waals surface area contributed by atoms with Gasteiger partial charge in [0.05, 0.1) is 5.56 Å². The standard InChI is InChI=1S/C17H13ClN2O2/c1-10-13(18)6-4-8-14(10)20-17(22)16(21)12-9-19-15-7-3-2-5-11(12)15/h2-9,19H,1H3,(H,20,22). The smallest absolute Gasteiger partial charge is 0.296 e. The van der Waals surface area contributed by atoms with Gasteiger partial charge in [-0.2, -0.15) is 0 Å². The second-order valence-corrected chi connectivity index (χ2v) is 5.35. The van der Waals surface area contributed by atoms with Gasteiger partial charge in [0.25, 0.3) is 11.7 Å². The molecule has 0 radical (unpaired) electrons. The number of fused-ring (bicyclic) bond motifs is 1. The number of carbonyl (C=O) groups is 2. The first-order chi connectivity index (χ1) is 10.6. The van der Waals surface area contributed by atoms with Crippen LogP contribution in [0.5, 0.6) is 0 Å². The van der Waals surface area contributed by atoms with Crippen LogP contribution in [0.25, 0.3) is 10.9 Å². The first-order valence-corrected chi connectivity index (χ1v) is 7.12. The maximum Gasteiger partial charge on any atom is 0.296 e. The van der Waals surface area contributed by atoms with Crippen molar-refractivity contribution >= 4 is 39.9 Å². The number of amides is 1. The third-order valence-corrected chi connectivity index (χ3v) is 3.97. The van der Waals surface area contributed by atoms with Crippen LogP contribution in [0.2, 0.25) is 5.02 Å². The van der Waals surface area contributed by atoms with Gasteiger partial charge in [0.1, 0.15) is 0 Å². The van der Waals surface area contributed by atoms with Gasteiger partial charge in [0, 0.05) is 27.8 Å². The zero-order valence-corrected chi connectivity index (χ0v) is 12.6. The van der Waals surface area contributed by atoms with Crippen LogP contribution in [-0.2, 0) is 4.79 Å². The first kappa shape index (κ1) is 14.4. The number of benzene rings is 2. The molecule has 0 fully saturated rings. The number of para-hydroxylation sites is 1. The summed E-state index contributed by atoms with van der Waals surface area (Å²) >= 11 is 6.01. The molecular formula is C17H13ClN2O2. The molecule has 3 rings (SSSR count). The van der Waals surface area contributed by atoms with Crippen molar-refractivity contribution in [3.05, 3.63) is 64.8 Å². The number of nitrogens with one attached hydrogen (secondary N) is 2. The van der Waals surface area contributed by atoms with Crippen molar-refractivity contribution in [3.63, 3.8) is 0 Å². The van der Waals surface area contributed by atoms with Crippen molar-refractivity contribution in [1.29, 1.82) is 0 Å². The molecule has 0 atom stereocenters. The number of aromatic amines is 1. The summed E-state index contributed by atoms with van der Waals surface area (Å²) in [6, 6.07) is 12.5. The normalized spacial score (nSPS) is 10.6. The zero-order chi connectivity index (χ0) is 15.7. The number of carbonyl (C=O) groups excluding carboxylic acids is 2. The molecule has 110 valence electrons. The molecule has 5 heteroatoms. The molecule has 22 heavy (non-hydrogen) atoms. The summed E-state index contributed by atoms with van der Waals surface area (Å²) in [5, 5.41) is 3.88. The van der Waals surface area contributed by atoms with E-state index in [0.717, 1.165) is 16.5 Å². The van der Waals surface area contributed by atoms with Crippen LogP contribution in [0, 0.1) is 6.92 Å². The number of Topliss-reactive ketones (excluding diaryl/α,β-unsaturated/α-hetero) is 1. The number of aromatic nitrogens is 1. The van der Waals surface area contributed by atoms with Crippen LogP contribution >= 0.6 is 11.6 Å². The Balaban J connectivity index is 1.89. The number of rotatable bonds is 3. The molecule has 0 bridgehead atoms. The molecule has 0 aliphatic carbocycles. The molecule has 0 saturated carbocycles. The Labute approximate surface area is 132 Å². The van der Waals surface area contributed by atoms with Crippen molar-refractivity contribution in [2.24, 2.45) is 0 Å². The lowest BCUT2D eigenvalue weighted by Crippen LogP contribution is -2.23. The number of halogens is 1. The molecule has 0 saturated heterocycles. The van der Waals surface area contributed by atoms with Crippen LogP contribution in [0.15, 0.2) is 48.7 Å². The SMILES string of the molecule is Cc1c(Cl)cccc1NC(=O)C(=O)c1c[nH]c2ccccc12. The van der Waals surface area contributed by atoms with E-state index in [2.05, 4.69) is 10.3 Å².